The third kappa shape index (κ3) is 3.06. The molecule has 2 aromatic carbocycles. The Morgan fingerprint density at radius 1 is 1.22 bits per heavy atom. The molecule has 0 fully saturated rings. The maximum Gasteiger partial charge on any atom is 0.258 e. The van der Waals surface area contributed by atoms with Gasteiger partial charge in [0.15, 0.2) is 0 Å². The van der Waals surface area contributed by atoms with Crippen molar-refractivity contribution in [2.24, 2.45) is 0 Å². The minimum atomic E-state index is 0.0215. The summed E-state index contributed by atoms with van der Waals surface area (Å²) in [5, 5.41) is 0.734. The molecular weight excluding hydrogens is 310 g/mol. The molecule has 1 amide bonds. The summed E-state index contributed by atoms with van der Waals surface area (Å²) in [4.78, 5) is 14.6. The number of aryl methyl sites for hydroxylation is 1. The van der Waals surface area contributed by atoms with Crippen molar-refractivity contribution in [3.63, 3.8) is 0 Å². The van der Waals surface area contributed by atoms with Crippen LogP contribution < -0.4 is 9.64 Å². The van der Waals surface area contributed by atoms with Gasteiger partial charge in [0.2, 0.25) is 0 Å². The number of fused-ring (bicyclic) bond motifs is 1. The Morgan fingerprint density at radius 2 is 2.04 bits per heavy atom. The Morgan fingerprint density at radius 3 is 2.74 bits per heavy atom. The van der Waals surface area contributed by atoms with Crippen molar-refractivity contribution in [2.75, 3.05) is 18.6 Å². The van der Waals surface area contributed by atoms with Crippen LogP contribution in [0.5, 0.6) is 5.75 Å². The minimum absolute atomic E-state index is 0.0215. The third-order valence-electron chi connectivity index (χ3n) is 4.26. The normalized spacial score (nSPS) is 13.9. The molecule has 23 heavy (non-hydrogen) atoms. The zero-order valence-corrected chi connectivity index (χ0v) is 14.2. The second-order valence-electron chi connectivity index (χ2n) is 5.76. The van der Waals surface area contributed by atoms with E-state index in [1.54, 1.807) is 12.0 Å². The van der Waals surface area contributed by atoms with Gasteiger partial charge in [-0.05, 0) is 54.3 Å². The fourth-order valence-corrected chi connectivity index (χ4v) is 3.28. The topological polar surface area (TPSA) is 29.5 Å². The molecule has 1 aliphatic rings. The third-order valence-corrected chi connectivity index (χ3v) is 4.61. The molecule has 0 unspecified atom stereocenters. The van der Waals surface area contributed by atoms with Crippen LogP contribution in [0.25, 0.3) is 0 Å². The summed E-state index contributed by atoms with van der Waals surface area (Å²) in [5.74, 6) is 0.810. The molecule has 4 heteroatoms. The molecule has 0 aromatic heterocycles. The molecule has 0 atom stereocenters. The lowest BCUT2D eigenvalue weighted by Crippen LogP contribution is -2.37. The molecule has 3 nitrogen and oxygen atoms in total. The summed E-state index contributed by atoms with van der Waals surface area (Å²) in [5.41, 5.74) is 3.78. The molecule has 0 N–H and O–H groups in total. The van der Waals surface area contributed by atoms with E-state index in [0.717, 1.165) is 52.4 Å². The van der Waals surface area contributed by atoms with Crippen molar-refractivity contribution in [1.82, 2.24) is 0 Å². The van der Waals surface area contributed by atoms with Gasteiger partial charge in [-0.25, -0.2) is 0 Å². The molecule has 0 aliphatic carbocycles. The van der Waals surface area contributed by atoms with Crippen molar-refractivity contribution in [3.8, 4) is 5.75 Å². The van der Waals surface area contributed by atoms with Crippen LogP contribution in [0.3, 0.4) is 0 Å². The number of carbonyl (C=O) groups is 1. The molecule has 0 saturated carbocycles. The average Bonchev–Trinajstić information content (AvgIpc) is 2.57. The molecule has 2 aromatic rings. The van der Waals surface area contributed by atoms with E-state index in [1.807, 2.05) is 36.4 Å². The van der Waals surface area contributed by atoms with Crippen molar-refractivity contribution in [3.05, 3.63) is 58.1 Å². The highest BCUT2D eigenvalue weighted by Gasteiger charge is 2.26. The highest BCUT2D eigenvalue weighted by atomic mass is 35.5. The summed E-state index contributed by atoms with van der Waals surface area (Å²) >= 11 is 6.36. The number of benzene rings is 2. The maximum absolute atomic E-state index is 12.8. The number of hydrogen-bond acceptors (Lipinski definition) is 2. The molecule has 1 heterocycles. The first kappa shape index (κ1) is 15.9. The number of hydrogen-bond donors (Lipinski definition) is 0. The van der Waals surface area contributed by atoms with Crippen molar-refractivity contribution < 1.29 is 9.53 Å². The minimum Gasteiger partial charge on any atom is -0.497 e. The second-order valence-corrected chi connectivity index (χ2v) is 6.16. The summed E-state index contributed by atoms with van der Waals surface area (Å²) in [6, 6.07) is 11.5. The van der Waals surface area contributed by atoms with E-state index in [0.29, 0.717) is 6.54 Å². The van der Waals surface area contributed by atoms with Gasteiger partial charge in [0.1, 0.15) is 5.75 Å². The zero-order chi connectivity index (χ0) is 16.4. The largest absolute Gasteiger partial charge is 0.497 e. The Balaban J connectivity index is 1.90. The molecule has 0 saturated heterocycles. The Labute approximate surface area is 141 Å². The van der Waals surface area contributed by atoms with E-state index >= 15 is 0 Å². The number of carbonyl (C=O) groups excluding carboxylic acids is 1. The number of methoxy groups -OCH3 is 1. The standard InChI is InChI=1S/C19H20ClNO2/c1-3-4-13-5-6-15(12-18(13)20)21-10-9-14-11-16(23-2)7-8-17(14)19(21)22/h5-8,11-12H,3-4,9-10H2,1-2H3. The van der Waals surface area contributed by atoms with E-state index in [9.17, 15) is 4.79 Å². The predicted octanol–water partition coefficient (Wildman–Crippen LogP) is 4.50. The maximum atomic E-state index is 12.8. The van der Waals surface area contributed by atoms with Gasteiger partial charge in [0.25, 0.3) is 5.91 Å². The lowest BCUT2D eigenvalue weighted by Gasteiger charge is -2.29. The molecule has 120 valence electrons. The first-order valence-corrected chi connectivity index (χ1v) is 8.29. The van der Waals surface area contributed by atoms with Gasteiger partial charge in [0.05, 0.1) is 7.11 Å². The van der Waals surface area contributed by atoms with E-state index in [4.69, 9.17) is 16.3 Å². The smallest absolute Gasteiger partial charge is 0.258 e. The van der Waals surface area contributed by atoms with Crippen LogP contribution in [0.1, 0.15) is 34.8 Å². The fraction of sp³-hybridized carbons (Fsp3) is 0.316. The molecule has 3 rings (SSSR count). The molecule has 0 radical (unpaired) electrons. The Kier molecular flexibility index (Phi) is 4.58. The lowest BCUT2D eigenvalue weighted by molar-refractivity contribution is 0.0980. The first-order chi connectivity index (χ1) is 11.1. The number of amides is 1. The van der Waals surface area contributed by atoms with E-state index in [1.165, 1.54) is 0 Å². The van der Waals surface area contributed by atoms with Gasteiger partial charge in [-0.3, -0.25) is 4.79 Å². The fourth-order valence-electron chi connectivity index (χ4n) is 3.01. The van der Waals surface area contributed by atoms with Gasteiger partial charge in [-0.2, -0.15) is 0 Å². The van der Waals surface area contributed by atoms with Gasteiger partial charge in [0, 0.05) is 22.8 Å². The molecular formula is C19H20ClNO2. The van der Waals surface area contributed by atoms with Crippen LogP contribution in [-0.2, 0) is 12.8 Å². The van der Waals surface area contributed by atoms with Gasteiger partial charge in [-0.1, -0.05) is 31.0 Å². The monoisotopic (exact) mass is 329 g/mol. The number of halogens is 1. The van der Waals surface area contributed by atoms with E-state index in [-0.39, 0.29) is 5.91 Å². The highest BCUT2D eigenvalue weighted by Crippen LogP contribution is 2.30. The van der Waals surface area contributed by atoms with Crippen LogP contribution in [0, 0.1) is 0 Å². The van der Waals surface area contributed by atoms with Crippen LogP contribution in [0.15, 0.2) is 36.4 Å². The van der Waals surface area contributed by atoms with Crippen molar-refractivity contribution in [1.29, 1.82) is 0 Å². The van der Waals surface area contributed by atoms with Gasteiger partial charge in [-0.15, -0.1) is 0 Å². The first-order valence-electron chi connectivity index (χ1n) is 7.91. The summed E-state index contributed by atoms with van der Waals surface area (Å²) in [6.45, 7) is 2.78. The number of anilines is 1. The average molecular weight is 330 g/mol. The van der Waals surface area contributed by atoms with Gasteiger partial charge < -0.3 is 9.64 Å². The second kappa shape index (κ2) is 6.63. The molecule has 0 spiro atoms. The SMILES string of the molecule is CCCc1ccc(N2CCc3cc(OC)ccc3C2=O)cc1Cl. The van der Waals surface area contributed by atoms with Crippen molar-refractivity contribution >= 4 is 23.2 Å². The van der Waals surface area contributed by atoms with Crippen LogP contribution in [0.2, 0.25) is 5.02 Å². The lowest BCUT2D eigenvalue weighted by atomic mass is 9.98. The van der Waals surface area contributed by atoms with Crippen LogP contribution in [-0.4, -0.2) is 19.6 Å². The Bertz CT molecular complexity index is 742. The predicted molar refractivity (Wildman–Crippen MR) is 93.8 cm³/mol. The summed E-state index contributed by atoms with van der Waals surface area (Å²) < 4.78 is 5.24. The van der Waals surface area contributed by atoms with E-state index in [2.05, 4.69) is 6.92 Å². The van der Waals surface area contributed by atoms with E-state index < -0.39 is 0 Å². The molecule has 0 bridgehead atoms. The number of rotatable bonds is 4. The number of nitrogens with zero attached hydrogens (tertiary/aromatic N) is 1. The van der Waals surface area contributed by atoms with Crippen LogP contribution in [0.4, 0.5) is 5.69 Å². The Hall–Kier alpha value is -2.00. The zero-order valence-electron chi connectivity index (χ0n) is 13.4. The highest BCUT2D eigenvalue weighted by molar-refractivity contribution is 6.31. The van der Waals surface area contributed by atoms with Crippen molar-refractivity contribution in [2.45, 2.75) is 26.2 Å². The molecule has 1 aliphatic heterocycles. The van der Waals surface area contributed by atoms with Gasteiger partial charge >= 0.3 is 0 Å². The summed E-state index contributed by atoms with van der Waals surface area (Å²) in [7, 11) is 1.64. The van der Waals surface area contributed by atoms with Crippen LogP contribution >= 0.6 is 11.6 Å². The number of ether oxygens (including phenoxy) is 1. The quantitative estimate of drug-likeness (QED) is 0.826. The summed E-state index contributed by atoms with van der Waals surface area (Å²) in [6.07, 6.45) is 2.82.